The van der Waals surface area contributed by atoms with E-state index in [1.54, 1.807) is 49.4 Å². The Balaban J connectivity index is 2.00. The molecule has 132 valence electrons. The Bertz CT molecular complexity index is 1020. The SMILES string of the molecule is CC(NC(=O)O)c1ccc(C(=O)c2cccc3c[n+]([O-])ccc23)c(Cl)c1. The molecule has 1 amide bonds. The van der Waals surface area contributed by atoms with E-state index in [1.165, 1.54) is 12.4 Å². The van der Waals surface area contributed by atoms with E-state index < -0.39 is 12.1 Å². The van der Waals surface area contributed by atoms with Crippen molar-refractivity contribution in [2.24, 2.45) is 0 Å². The highest BCUT2D eigenvalue weighted by atomic mass is 35.5. The number of nitrogens with zero attached hydrogens (tertiary/aromatic N) is 1. The number of hydrogen-bond acceptors (Lipinski definition) is 3. The number of pyridine rings is 1. The van der Waals surface area contributed by atoms with Crippen LogP contribution in [0.25, 0.3) is 10.8 Å². The fraction of sp³-hybridized carbons (Fsp3) is 0.105. The maximum Gasteiger partial charge on any atom is 0.405 e. The Labute approximate surface area is 154 Å². The summed E-state index contributed by atoms with van der Waals surface area (Å²) in [5, 5.41) is 24.1. The number of carbonyl (C=O) groups excluding carboxylic acids is 1. The molecule has 1 aromatic heterocycles. The third-order valence-electron chi connectivity index (χ3n) is 4.12. The number of ketones is 1. The molecule has 2 aromatic carbocycles. The fourth-order valence-electron chi connectivity index (χ4n) is 2.81. The number of carbonyl (C=O) groups is 2. The zero-order valence-corrected chi connectivity index (χ0v) is 14.5. The first-order valence-electron chi connectivity index (χ1n) is 7.82. The van der Waals surface area contributed by atoms with Gasteiger partial charge in [-0.05, 0) is 30.7 Å². The van der Waals surface area contributed by atoms with E-state index in [0.29, 0.717) is 32.2 Å². The van der Waals surface area contributed by atoms with Crippen LogP contribution >= 0.6 is 11.6 Å². The van der Waals surface area contributed by atoms with Crippen molar-refractivity contribution in [1.29, 1.82) is 0 Å². The topological polar surface area (TPSA) is 93.3 Å². The zero-order chi connectivity index (χ0) is 18.8. The smallest absolute Gasteiger partial charge is 0.405 e. The normalized spacial score (nSPS) is 11.9. The molecule has 0 aliphatic carbocycles. The van der Waals surface area contributed by atoms with Crippen LogP contribution in [-0.2, 0) is 0 Å². The number of nitrogens with one attached hydrogen (secondary N) is 1. The van der Waals surface area contributed by atoms with Gasteiger partial charge in [0.15, 0.2) is 18.2 Å². The van der Waals surface area contributed by atoms with E-state index in [-0.39, 0.29) is 10.8 Å². The summed E-state index contributed by atoms with van der Waals surface area (Å²) in [4.78, 5) is 23.7. The second kappa shape index (κ2) is 7.01. The van der Waals surface area contributed by atoms with Gasteiger partial charge >= 0.3 is 6.09 Å². The molecule has 0 aliphatic rings. The predicted octanol–water partition coefficient (Wildman–Crippen LogP) is 3.69. The molecule has 1 atom stereocenters. The van der Waals surface area contributed by atoms with Crippen LogP contribution in [-0.4, -0.2) is 17.0 Å². The molecule has 0 aliphatic heterocycles. The maximum atomic E-state index is 12.9. The monoisotopic (exact) mass is 370 g/mol. The zero-order valence-electron chi connectivity index (χ0n) is 13.8. The molecule has 1 unspecified atom stereocenters. The highest BCUT2D eigenvalue weighted by Crippen LogP contribution is 2.27. The lowest BCUT2D eigenvalue weighted by molar-refractivity contribution is -0.603. The minimum absolute atomic E-state index is 0.235. The van der Waals surface area contributed by atoms with Crippen molar-refractivity contribution >= 4 is 34.2 Å². The Kier molecular flexibility index (Phi) is 4.77. The van der Waals surface area contributed by atoms with Gasteiger partial charge in [-0.15, -0.1) is 0 Å². The number of benzene rings is 2. The minimum Gasteiger partial charge on any atom is -0.619 e. The van der Waals surface area contributed by atoms with E-state index in [2.05, 4.69) is 5.32 Å². The van der Waals surface area contributed by atoms with Gasteiger partial charge in [-0.3, -0.25) is 4.79 Å². The van der Waals surface area contributed by atoms with Crippen LogP contribution in [0.15, 0.2) is 54.9 Å². The Hall–Kier alpha value is -3.12. The summed E-state index contributed by atoms with van der Waals surface area (Å²) in [5.41, 5.74) is 1.40. The standard InChI is InChI=1S/C19H15ClN2O4/c1-11(21-19(24)25)12-5-6-16(17(20)9-12)18(23)15-4-2-3-13-10-22(26)8-7-14(13)15/h2-11,21H,1H3,(H,24,25). The number of hydrogen-bond donors (Lipinski definition) is 2. The van der Waals surface area contributed by atoms with Gasteiger partial charge in [0.2, 0.25) is 0 Å². The van der Waals surface area contributed by atoms with Gasteiger partial charge in [-0.1, -0.05) is 29.8 Å². The molecule has 0 radical (unpaired) electrons. The molecule has 0 spiro atoms. The second-order valence-corrected chi connectivity index (χ2v) is 6.26. The number of amides is 1. The van der Waals surface area contributed by atoms with Crippen molar-refractivity contribution in [3.8, 4) is 0 Å². The quantitative estimate of drug-likeness (QED) is 0.416. The van der Waals surface area contributed by atoms with E-state index >= 15 is 0 Å². The number of aromatic nitrogens is 1. The number of halogens is 1. The maximum absolute atomic E-state index is 12.9. The van der Waals surface area contributed by atoms with Crippen molar-refractivity contribution in [2.45, 2.75) is 13.0 Å². The molecule has 26 heavy (non-hydrogen) atoms. The molecular formula is C19H15ClN2O4. The Morgan fingerprint density at radius 2 is 1.96 bits per heavy atom. The average Bonchev–Trinajstić information content (AvgIpc) is 2.59. The molecular weight excluding hydrogens is 356 g/mol. The van der Waals surface area contributed by atoms with Gasteiger partial charge in [-0.2, -0.15) is 4.73 Å². The van der Waals surface area contributed by atoms with Crippen molar-refractivity contribution in [3.05, 3.63) is 81.8 Å². The third-order valence-corrected chi connectivity index (χ3v) is 4.43. The van der Waals surface area contributed by atoms with Crippen molar-refractivity contribution in [1.82, 2.24) is 5.32 Å². The molecule has 3 aromatic rings. The summed E-state index contributed by atoms with van der Waals surface area (Å²) in [5.74, 6) is -0.269. The minimum atomic E-state index is -1.14. The lowest BCUT2D eigenvalue weighted by Crippen LogP contribution is -2.24. The van der Waals surface area contributed by atoms with Crippen LogP contribution in [0.1, 0.15) is 34.5 Å². The molecule has 2 N–H and O–H groups in total. The Morgan fingerprint density at radius 1 is 1.19 bits per heavy atom. The highest BCUT2D eigenvalue weighted by Gasteiger charge is 2.18. The number of carboxylic acid groups (broad SMARTS) is 1. The highest BCUT2D eigenvalue weighted by molar-refractivity contribution is 6.35. The largest absolute Gasteiger partial charge is 0.619 e. The lowest BCUT2D eigenvalue weighted by Gasteiger charge is -2.14. The first-order valence-corrected chi connectivity index (χ1v) is 8.20. The van der Waals surface area contributed by atoms with Gasteiger partial charge < -0.3 is 15.6 Å². The summed E-state index contributed by atoms with van der Waals surface area (Å²) in [7, 11) is 0. The van der Waals surface area contributed by atoms with E-state index in [1.807, 2.05) is 0 Å². The van der Waals surface area contributed by atoms with Crippen LogP contribution in [0, 0.1) is 5.21 Å². The summed E-state index contributed by atoms with van der Waals surface area (Å²) in [6.07, 6.45) is 1.60. The summed E-state index contributed by atoms with van der Waals surface area (Å²) in [6.45, 7) is 1.68. The van der Waals surface area contributed by atoms with Crippen molar-refractivity contribution < 1.29 is 19.4 Å². The molecule has 0 saturated heterocycles. The van der Waals surface area contributed by atoms with Crippen LogP contribution in [0.3, 0.4) is 0 Å². The summed E-state index contributed by atoms with van der Waals surface area (Å²) < 4.78 is 0.676. The van der Waals surface area contributed by atoms with E-state index in [0.717, 1.165) is 0 Å². The van der Waals surface area contributed by atoms with E-state index in [9.17, 15) is 14.8 Å². The van der Waals surface area contributed by atoms with Gasteiger partial charge in [0.25, 0.3) is 0 Å². The lowest BCUT2D eigenvalue weighted by atomic mass is 9.96. The Morgan fingerprint density at radius 3 is 2.65 bits per heavy atom. The first kappa shape index (κ1) is 17.7. The molecule has 7 heteroatoms. The summed E-state index contributed by atoms with van der Waals surface area (Å²) >= 11 is 6.28. The van der Waals surface area contributed by atoms with Crippen molar-refractivity contribution in [2.75, 3.05) is 0 Å². The van der Waals surface area contributed by atoms with Gasteiger partial charge in [-0.25, -0.2) is 4.79 Å². The molecule has 6 nitrogen and oxygen atoms in total. The fourth-order valence-corrected chi connectivity index (χ4v) is 3.08. The third kappa shape index (κ3) is 3.45. The number of fused-ring (bicyclic) bond motifs is 1. The van der Waals surface area contributed by atoms with E-state index in [4.69, 9.17) is 16.7 Å². The van der Waals surface area contributed by atoms with Gasteiger partial charge in [0.05, 0.1) is 11.1 Å². The average molecular weight is 371 g/mol. The van der Waals surface area contributed by atoms with Crippen LogP contribution < -0.4 is 10.0 Å². The second-order valence-electron chi connectivity index (χ2n) is 5.85. The molecule has 1 heterocycles. The number of rotatable bonds is 4. The van der Waals surface area contributed by atoms with Crippen LogP contribution in [0.5, 0.6) is 0 Å². The van der Waals surface area contributed by atoms with Crippen molar-refractivity contribution in [3.63, 3.8) is 0 Å². The van der Waals surface area contributed by atoms with Gasteiger partial charge in [0, 0.05) is 28.0 Å². The molecule has 0 fully saturated rings. The predicted molar refractivity (Wildman–Crippen MR) is 97.4 cm³/mol. The molecule has 0 saturated carbocycles. The molecule has 3 rings (SSSR count). The molecule has 0 bridgehead atoms. The van der Waals surface area contributed by atoms with Crippen LogP contribution in [0.4, 0.5) is 4.79 Å². The summed E-state index contributed by atoms with van der Waals surface area (Å²) in [6, 6.07) is 11.1. The van der Waals surface area contributed by atoms with Crippen LogP contribution in [0.2, 0.25) is 5.02 Å². The van der Waals surface area contributed by atoms with Gasteiger partial charge in [0.1, 0.15) is 0 Å². The first-order chi connectivity index (χ1) is 12.4.